The maximum Gasteiger partial charge on any atom is 0.333 e. The van der Waals surface area contributed by atoms with E-state index in [1.165, 1.54) is 237 Å². The average Bonchev–Trinajstić information content (AvgIpc) is 3.15. The van der Waals surface area contributed by atoms with Crippen molar-refractivity contribution in [2.24, 2.45) is 0 Å². The van der Waals surface area contributed by atoms with Crippen molar-refractivity contribution in [3.05, 3.63) is 11.6 Å². The van der Waals surface area contributed by atoms with Gasteiger partial charge in [0.1, 0.15) is 0 Å². The Labute approximate surface area is 332 Å². The molecule has 0 N–H and O–H groups in total. The number of esters is 2. The molecule has 0 radical (unpaired) electrons. The molecule has 314 valence electrons. The number of carbonyl (C=O) groups is 2. The highest BCUT2D eigenvalue weighted by atomic mass is 16.5. The third-order valence-corrected chi connectivity index (χ3v) is 11.1. The molecule has 0 aliphatic heterocycles. The van der Waals surface area contributed by atoms with E-state index >= 15 is 0 Å². The molecule has 4 heteroatoms. The maximum absolute atomic E-state index is 12.2. The monoisotopic (exact) mass is 747 g/mol. The van der Waals surface area contributed by atoms with E-state index in [2.05, 4.69) is 13.8 Å². The van der Waals surface area contributed by atoms with E-state index < -0.39 is 11.9 Å². The molecule has 0 saturated heterocycles. The van der Waals surface area contributed by atoms with Crippen LogP contribution in [0.2, 0.25) is 0 Å². The number of hydrogen-bond acceptors (Lipinski definition) is 4. The molecule has 4 nitrogen and oxygen atoms in total. The summed E-state index contributed by atoms with van der Waals surface area (Å²) in [5.74, 6) is -0.838. The Bertz CT molecular complexity index is 774. The first-order valence-corrected chi connectivity index (χ1v) is 24.1. The van der Waals surface area contributed by atoms with Crippen LogP contribution in [0, 0.1) is 0 Å². The van der Waals surface area contributed by atoms with Crippen LogP contribution in [0.25, 0.3) is 0 Å². The number of ether oxygens (including phenoxy) is 2. The zero-order valence-corrected chi connectivity index (χ0v) is 36.4. The first-order valence-electron chi connectivity index (χ1n) is 24.1. The van der Waals surface area contributed by atoms with E-state index in [1.807, 2.05) is 0 Å². The Morgan fingerprint density at radius 3 is 0.774 bits per heavy atom. The van der Waals surface area contributed by atoms with E-state index in [0.29, 0.717) is 18.8 Å². The summed E-state index contributed by atoms with van der Waals surface area (Å²) in [5.41, 5.74) is 0.326. The third-order valence-electron chi connectivity index (χ3n) is 11.1. The number of unbranched alkanes of at least 4 members (excludes halogenated alkanes) is 38. The minimum Gasteiger partial charge on any atom is -0.463 e. The molecule has 0 amide bonds. The summed E-state index contributed by atoms with van der Waals surface area (Å²) in [4.78, 5) is 24.4. The summed E-state index contributed by atoms with van der Waals surface area (Å²) in [6, 6.07) is 0. The van der Waals surface area contributed by atoms with E-state index in [-0.39, 0.29) is 0 Å². The number of rotatable bonds is 44. The van der Waals surface area contributed by atoms with Crippen molar-refractivity contribution >= 4 is 11.9 Å². The van der Waals surface area contributed by atoms with Crippen molar-refractivity contribution in [2.75, 3.05) is 13.2 Å². The van der Waals surface area contributed by atoms with Crippen LogP contribution in [-0.2, 0) is 19.1 Å². The molecule has 0 heterocycles. The van der Waals surface area contributed by atoms with Gasteiger partial charge in [0, 0.05) is 11.6 Å². The number of hydrogen-bond donors (Lipinski definition) is 0. The lowest BCUT2D eigenvalue weighted by atomic mass is 10.0. The predicted molar refractivity (Wildman–Crippen MR) is 232 cm³/mol. The first kappa shape index (κ1) is 51.7. The molecular weight excluding hydrogens is 653 g/mol. The zero-order chi connectivity index (χ0) is 38.6. The van der Waals surface area contributed by atoms with E-state index in [9.17, 15) is 9.59 Å². The molecule has 0 aliphatic carbocycles. The van der Waals surface area contributed by atoms with Gasteiger partial charge in [0.2, 0.25) is 0 Å². The molecule has 0 aromatic heterocycles. The van der Waals surface area contributed by atoms with Crippen LogP contribution in [0.1, 0.15) is 278 Å². The average molecular weight is 747 g/mol. The van der Waals surface area contributed by atoms with E-state index in [0.717, 1.165) is 25.7 Å². The normalized spacial score (nSPS) is 11.7. The van der Waals surface area contributed by atoms with Crippen molar-refractivity contribution in [2.45, 2.75) is 278 Å². The quantitative estimate of drug-likeness (QED) is 0.0354. The largest absolute Gasteiger partial charge is 0.463 e. The Hall–Kier alpha value is -1.32. The molecule has 0 aromatic rings. The smallest absolute Gasteiger partial charge is 0.333 e. The summed E-state index contributed by atoms with van der Waals surface area (Å²) in [5, 5.41) is 0. The highest BCUT2D eigenvalue weighted by molar-refractivity contribution is 5.95. The summed E-state index contributed by atoms with van der Waals surface area (Å²) < 4.78 is 10.7. The van der Waals surface area contributed by atoms with Gasteiger partial charge >= 0.3 is 11.9 Å². The van der Waals surface area contributed by atoms with Crippen molar-refractivity contribution < 1.29 is 19.1 Å². The van der Waals surface area contributed by atoms with Gasteiger partial charge in [-0.3, -0.25) is 0 Å². The van der Waals surface area contributed by atoms with Gasteiger partial charge in [-0.1, -0.05) is 258 Å². The zero-order valence-electron chi connectivity index (χ0n) is 36.4. The van der Waals surface area contributed by atoms with Gasteiger partial charge in [0.15, 0.2) is 0 Å². The second-order valence-corrected chi connectivity index (χ2v) is 16.6. The summed E-state index contributed by atoms with van der Waals surface area (Å²) in [7, 11) is 0. The van der Waals surface area contributed by atoms with Crippen LogP contribution in [0.5, 0.6) is 0 Å². The lowest BCUT2D eigenvalue weighted by Gasteiger charge is -2.06. The topological polar surface area (TPSA) is 52.6 Å². The third kappa shape index (κ3) is 43.3. The van der Waals surface area contributed by atoms with Gasteiger partial charge in [-0.2, -0.15) is 0 Å². The molecule has 0 rings (SSSR count). The second-order valence-electron chi connectivity index (χ2n) is 16.6. The molecule has 0 atom stereocenters. The standard InChI is InChI=1S/C49H94O4/c1-4-6-8-10-12-14-16-18-20-22-24-26-28-30-32-34-36-38-40-42-44-52-48(50)46-47(3)49(51)53-45-43-41-39-37-35-33-31-29-27-25-23-21-19-17-15-13-11-9-7-5-2/h46H,4-45H2,1-3H3. The van der Waals surface area contributed by atoms with Gasteiger partial charge < -0.3 is 9.47 Å². The Kier molecular flexibility index (Phi) is 43.9. The highest BCUT2D eigenvalue weighted by Crippen LogP contribution is 2.17. The van der Waals surface area contributed by atoms with Gasteiger partial charge in [0.25, 0.3) is 0 Å². The molecule has 53 heavy (non-hydrogen) atoms. The molecule has 0 saturated carbocycles. The van der Waals surface area contributed by atoms with E-state index in [1.54, 1.807) is 6.92 Å². The van der Waals surface area contributed by atoms with Crippen LogP contribution in [0.4, 0.5) is 0 Å². The van der Waals surface area contributed by atoms with Crippen LogP contribution in [-0.4, -0.2) is 25.2 Å². The molecular formula is C49H94O4. The van der Waals surface area contributed by atoms with E-state index in [4.69, 9.17) is 9.47 Å². The van der Waals surface area contributed by atoms with Crippen LogP contribution in [0.3, 0.4) is 0 Å². The summed E-state index contributed by atoms with van der Waals surface area (Å²) in [6.45, 7) is 7.07. The molecule has 0 unspecified atom stereocenters. The Morgan fingerprint density at radius 1 is 0.321 bits per heavy atom. The lowest BCUT2D eigenvalue weighted by Crippen LogP contribution is -2.10. The number of carbonyl (C=O) groups excluding carboxylic acids is 2. The molecule has 0 aromatic carbocycles. The minimum absolute atomic E-state index is 0.326. The minimum atomic E-state index is -0.434. The van der Waals surface area contributed by atoms with Gasteiger partial charge in [-0.25, -0.2) is 9.59 Å². The SMILES string of the molecule is CCCCCCCCCCCCCCCCCCCCCCOC(=O)C=C(C)C(=O)OCCCCCCCCCCCCCCCCCCCCCC. The molecule has 0 fully saturated rings. The fourth-order valence-corrected chi connectivity index (χ4v) is 7.44. The van der Waals surface area contributed by atoms with Crippen molar-refractivity contribution in [3.8, 4) is 0 Å². The lowest BCUT2D eigenvalue weighted by molar-refractivity contribution is -0.141. The van der Waals surface area contributed by atoms with Gasteiger partial charge in [-0.15, -0.1) is 0 Å². The molecule has 0 bridgehead atoms. The van der Waals surface area contributed by atoms with Crippen LogP contribution < -0.4 is 0 Å². The molecule has 0 spiro atoms. The van der Waals surface area contributed by atoms with Crippen LogP contribution in [0.15, 0.2) is 11.6 Å². The van der Waals surface area contributed by atoms with Crippen molar-refractivity contribution in [1.29, 1.82) is 0 Å². The Morgan fingerprint density at radius 2 is 0.528 bits per heavy atom. The second kappa shape index (κ2) is 45.1. The van der Waals surface area contributed by atoms with Crippen molar-refractivity contribution in [1.82, 2.24) is 0 Å². The maximum atomic E-state index is 12.2. The highest BCUT2D eigenvalue weighted by Gasteiger charge is 2.09. The van der Waals surface area contributed by atoms with Crippen molar-refractivity contribution in [3.63, 3.8) is 0 Å². The van der Waals surface area contributed by atoms with Gasteiger partial charge in [0.05, 0.1) is 13.2 Å². The first-order chi connectivity index (χ1) is 26.1. The summed E-state index contributed by atoms with van der Waals surface area (Å²) >= 11 is 0. The van der Waals surface area contributed by atoms with Gasteiger partial charge in [-0.05, 0) is 19.8 Å². The fourth-order valence-electron chi connectivity index (χ4n) is 7.44. The molecule has 0 aliphatic rings. The Balaban J connectivity index is 3.40. The predicted octanol–water partition coefficient (Wildman–Crippen LogP) is 16.7. The fraction of sp³-hybridized carbons (Fsp3) is 0.918. The van der Waals surface area contributed by atoms with Crippen LogP contribution >= 0.6 is 0 Å². The summed E-state index contributed by atoms with van der Waals surface area (Å²) in [6.07, 6.45) is 55.4.